The Balaban J connectivity index is 2.67. The summed E-state index contributed by atoms with van der Waals surface area (Å²) in [6.07, 6.45) is 0. The van der Waals surface area contributed by atoms with Gasteiger partial charge in [0.1, 0.15) is 0 Å². The summed E-state index contributed by atoms with van der Waals surface area (Å²) in [5, 5.41) is 60.0. The Morgan fingerprint density at radius 2 is 1.08 bits per heavy atom. The molecular formula is C13H8N2O9. The number of carbonyl (C=O) groups is 1. The van der Waals surface area contributed by atoms with Crippen molar-refractivity contribution in [2.24, 2.45) is 0 Å². The van der Waals surface area contributed by atoms with Crippen LogP contribution in [0.3, 0.4) is 0 Å². The van der Waals surface area contributed by atoms with E-state index in [0.717, 1.165) is 24.3 Å². The Morgan fingerprint density at radius 3 is 1.38 bits per heavy atom. The SMILES string of the molecule is O=C(c1ccc(O)c([N+](=O)[O-])c1O)c1ccc(O)c([N+](=O)[O-])c1O. The summed E-state index contributed by atoms with van der Waals surface area (Å²) in [7, 11) is 0. The van der Waals surface area contributed by atoms with E-state index >= 15 is 0 Å². The monoisotopic (exact) mass is 336 g/mol. The topological polar surface area (TPSA) is 184 Å². The molecule has 0 saturated heterocycles. The number of phenolic OH excluding ortho intramolecular Hbond substituents is 4. The van der Waals surface area contributed by atoms with Gasteiger partial charge in [-0.2, -0.15) is 0 Å². The molecule has 0 radical (unpaired) electrons. The van der Waals surface area contributed by atoms with Crippen molar-refractivity contribution in [3.63, 3.8) is 0 Å². The van der Waals surface area contributed by atoms with Gasteiger partial charge in [-0.3, -0.25) is 25.0 Å². The molecular weight excluding hydrogens is 328 g/mol. The quantitative estimate of drug-likeness (QED) is 0.365. The molecule has 2 aromatic rings. The smallest absolute Gasteiger partial charge is 0.352 e. The molecule has 0 aliphatic carbocycles. The number of ketones is 1. The second-order valence-electron chi connectivity index (χ2n) is 4.50. The Morgan fingerprint density at radius 1 is 0.750 bits per heavy atom. The van der Waals surface area contributed by atoms with Gasteiger partial charge in [-0.15, -0.1) is 0 Å². The number of hydrogen-bond acceptors (Lipinski definition) is 9. The number of nitro benzene ring substituents is 2. The Kier molecular flexibility index (Phi) is 3.93. The lowest BCUT2D eigenvalue weighted by molar-refractivity contribution is -0.386. The largest absolute Gasteiger partial charge is 0.502 e. The maximum atomic E-state index is 12.3. The van der Waals surface area contributed by atoms with Crippen LogP contribution in [0.1, 0.15) is 15.9 Å². The molecule has 2 aromatic carbocycles. The van der Waals surface area contributed by atoms with Crippen LogP contribution in [-0.4, -0.2) is 36.1 Å². The fourth-order valence-electron chi connectivity index (χ4n) is 2.01. The van der Waals surface area contributed by atoms with Gasteiger partial charge in [0, 0.05) is 0 Å². The summed E-state index contributed by atoms with van der Waals surface area (Å²) in [5.74, 6) is -5.30. The highest BCUT2D eigenvalue weighted by Crippen LogP contribution is 2.42. The zero-order chi connectivity index (χ0) is 18.2. The van der Waals surface area contributed by atoms with Crippen LogP contribution >= 0.6 is 0 Å². The Bertz CT molecular complexity index is 820. The molecule has 0 amide bonds. The van der Waals surface area contributed by atoms with Crippen LogP contribution in [-0.2, 0) is 0 Å². The average molecular weight is 336 g/mol. The molecule has 0 fully saturated rings. The normalized spacial score (nSPS) is 10.3. The zero-order valence-electron chi connectivity index (χ0n) is 11.5. The molecule has 4 N–H and O–H groups in total. The van der Waals surface area contributed by atoms with E-state index in [1.54, 1.807) is 0 Å². The first-order chi connectivity index (χ1) is 11.2. The minimum atomic E-state index is -1.18. The molecule has 124 valence electrons. The molecule has 0 unspecified atom stereocenters. The summed E-state index contributed by atoms with van der Waals surface area (Å²) in [5.41, 5.74) is -3.60. The minimum absolute atomic E-state index is 0.671. The van der Waals surface area contributed by atoms with Gasteiger partial charge >= 0.3 is 11.4 Å². The van der Waals surface area contributed by atoms with Gasteiger partial charge in [0.25, 0.3) is 0 Å². The van der Waals surface area contributed by atoms with Gasteiger partial charge < -0.3 is 20.4 Å². The Hall–Kier alpha value is -3.89. The lowest BCUT2D eigenvalue weighted by Gasteiger charge is -2.08. The number of hydrogen-bond donors (Lipinski definition) is 4. The van der Waals surface area contributed by atoms with E-state index in [9.17, 15) is 45.4 Å². The van der Waals surface area contributed by atoms with Crippen LogP contribution in [0, 0.1) is 20.2 Å². The number of nitrogens with zero attached hydrogens (tertiary/aromatic N) is 2. The summed E-state index contributed by atoms with van der Waals surface area (Å²) < 4.78 is 0. The molecule has 0 aliphatic rings. The van der Waals surface area contributed by atoms with Crippen LogP contribution in [0.4, 0.5) is 11.4 Å². The van der Waals surface area contributed by atoms with E-state index in [1.165, 1.54) is 0 Å². The highest BCUT2D eigenvalue weighted by atomic mass is 16.6. The van der Waals surface area contributed by atoms with E-state index in [-0.39, 0.29) is 0 Å². The molecule has 24 heavy (non-hydrogen) atoms. The lowest BCUT2D eigenvalue weighted by Crippen LogP contribution is -2.05. The van der Waals surface area contributed by atoms with E-state index in [4.69, 9.17) is 0 Å². The van der Waals surface area contributed by atoms with Crippen molar-refractivity contribution in [1.82, 2.24) is 0 Å². The number of nitro groups is 2. The molecule has 0 aromatic heterocycles. The zero-order valence-corrected chi connectivity index (χ0v) is 11.5. The third kappa shape index (κ3) is 2.49. The van der Waals surface area contributed by atoms with Crippen molar-refractivity contribution < 1.29 is 35.1 Å². The molecule has 0 saturated carbocycles. The molecule has 2 rings (SSSR count). The summed E-state index contributed by atoms with van der Waals surface area (Å²) in [6, 6.07) is 3.24. The molecule has 0 atom stereocenters. The second kappa shape index (κ2) is 5.72. The van der Waals surface area contributed by atoms with Crippen molar-refractivity contribution in [3.05, 3.63) is 55.6 Å². The van der Waals surface area contributed by atoms with Gasteiger partial charge in [0.2, 0.25) is 17.3 Å². The lowest BCUT2D eigenvalue weighted by atomic mass is 9.99. The van der Waals surface area contributed by atoms with Gasteiger partial charge in [0.05, 0.1) is 21.0 Å². The fourth-order valence-corrected chi connectivity index (χ4v) is 2.01. The highest BCUT2D eigenvalue weighted by Gasteiger charge is 2.31. The van der Waals surface area contributed by atoms with Gasteiger partial charge in [-0.05, 0) is 24.3 Å². The third-order valence-electron chi connectivity index (χ3n) is 3.11. The number of aromatic hydroxyl groups is 4. The summed E-state index contributed by atoms with van der Waals surface area (Å²) in [6.45, 7) is 0. The molecule has 11 nitrogen and oxygen atoms in total. The van der Waals surface area contributed by atoms with Gasteiger partial charge in [0.15, 0.2) is 11.5 Å². The van der Waals surface area contributed by atoms with E-state index < -0.39 is 61.1 Å². The number of rotatable bonds is 4. The second-order valence-corrected chi connectivity index (χ2v) is 4.50. The first-order valence-electron chi connectivity index (χ1n) is 6.10. The van der Waals surface area contributed by atoms with Crippen LogP contribution in [0.2, 0.25) is 0 Å². The van der Waals surface area contributed by atoms with E-state index in [2.05, 4.69) is 0 Å². The number of phenols is 4. The number of benzene rings is 2. The maximum absolute atomic E-state index is 12.3. The van der Waals surface area contributed by atoms with Crippen molar-refractivity contribution in [3.8, 4) is 23.0 Å². The predicted octanol–water partition coefficient (Wildman–Crippen LogP) is 1.56. The predicted molar refractivity (Wildman–Crippen MR) is 76.3 cm³/mol. The standard InChI is InChI=1S/C13H8N2O9/c16-7-3-1-5(12(19)9(7)14(21)22)11(18)6-2-4-8(17)10(13(6)20)15(23)24/h1-4,16-17,19-20H. The van der Waals surface area contributed by atoms with Crippen LogP contribution in [0.5, 0.6) is 23.0 Å². The molecule has 0 spiro atoms. The summed E-state index contributed by atoms with van der Waals surface area (Å²) in [4.78, 5) is 31.7. The van der Waals surface area contributed by atoms with Gasteiger partial charge in [-0.25, -0.2) is 0 Å². The third-order valence-corrected chi connectivity index (χ3v) is 3.11. The van der Waals surface area contributed by atoms with Crippen LogP contribution in [0.15, 0.2) is 24.3 Å². The van der Waals surface area contributed by atoms with Crippen LogP contribution in [0.25, 0.3) is 0 Å². The Labute approximate surface area is 131 Å². The van der Waals surface area contributed by atoms with Gasteiger partial charge in [-0.1, -0.05) is 0 Å². The maximum Gasteiger partial charge on any atom is 0.352 e. The summed E-state index contributed by atoms with van der Waals surface area (Å²) >= 11 is 0. The van der Waals surface area contributed by atoms with Crippen LogP contribution < -0.4 is 0 Å². The van der Waals surface area contributed by atoms with E-state index in [0.29, 0.717) is 0 Å². The first kappa shape index (κ1) is 16.5. The highest BCUT2D eigenvalue weighted by molar-refractivity contribution is 6.13. The van der Waals surface area contributed by atoms with Crippen molar-refractivity contribution in [2.75, 3.05) is 0 Å². The minimum Gasteiger partial charge on any atom is -0.502 e. The van der Waals surface area contributed by atoms with Crippen molar-refractivity contribution >= 4 is 17.2 Å². The number of carbonyl (C=O) groups excluding carboxylic acids is 1. The fraction of sp³-hybridized carbons (Fsp3) is 0. The molecule has 0 aliphatic heterocycles. The molecule has 0 bridgehead atoms. The average Bonchev–Trinajstić information content (AvgIpc) is 2.46. The molecule has 11 heteroatoms. The molecule has 0 heterocycles. The van der Waals surface area contributed by atoms with Crippen molar-refractivity contribution in [1.29, 1.82) is 0 Å². The van der Waals surface area contributed by atoms with E-state index in [1.807, 2.05) is 0 Å². The first-order valence-corrected chi connectivity index (χ1v) is 6.10. The van der Waals surface area contributed by atoms with Crippen molar-refractivity contribution in [2.45, 2.75) is 0 Å².